The van der Waals surface area contributed by atoms with E-state index in [1.54, 1.807) is 11.8 Å². The van der Waals surface area contributed by atoms with Crippen LogP contribution in [0.25, 0.3) is 0 Å². The molecule has 46 valence electrons. The molecule has 1 unspecified atom stereocenters. The minimum atomic E-state index is 0.330. The van der Waals surface area contributed by atoms with Gasteiger partial charge in [-0.05, 0) is 13.8 Å². The zero-order chi connectivity index (χ0) is 5.98. The summed E-state index contributed by atoms with van der Waals surface area (Å²) in [5.74, 6) is 1.01. The first kappa shape index (κ1) is 6.11. The normalized spacial score (nSPS) is 29.8. The van der Waals surface area contributed by atoms with Crippen molar-refractivity contribution in [3.8, 4) is 0 Å². The van der Waals surface area contributed by atoms with Crippen LogP contribution < -0.4 is 5.32 Å². The number of nitrogens with zero attached hydrogens (tertiary/aromatic N) is 1. The SMILES string of the molecule is CC1=NC(C)NCS1. The summed E-state index contributed by atoms with van der Waals surface area (Å²) in [6.45, 7) is 4.10. The predicted molar refractivity (Wildman–Crippen MR) is 38.2 cm³/mol. The summed E-state index contributed by atoms with van der Waals surface area (Å²) in [6, 6.07) is 0. The predicted octanol–water partition coefficient (Wildman–Crippen LogP) is 1.04. The molecular formula is C5H10N2S. The van der Waals surface area contributed by atoms with Crippen LogP contribution in [0.1, 0.15) is 13.8 Å². The Morgan fingerprint density at radius 2 is 2.62 bits per heavy atom. The lowest BCUT2D eigenvalue weighted by Gasteiger charge is -2.15. The summed E-state index contributed by atoms with van der Waals surface area (Å²) in [7, 11) is 0. The Balaban J connectivity index is 2.50. The quantitative estimate of drug-likeness (QED) is 0.530. The second-order valence-corrected chi connectivity index (χ2v) is 2.99. The molecule has 1 rings (SSSR count). The number of aliphatic imine (C=N–C) groups is 1. The fourth-order valence-electron chi connectivity index (χ4n) is 0.622. The van der Waals surface area contributed by atoms with Gasteiger partial charge in [0.25, 0.3) is 0 Å². The van der Waals surface area contributed by atoms with Crippen LogP contribution in [0.5, 0.6) is 0 Å². The molecule has 0 amide bonds. The lowest BCUT2D eigenvalue weighted by atomic mass is 10.6. The minimum Gasteiger partial charge on any atom is -0.286 e. The highest BCUT2D eigenvalue weighted by Crippen LogP contribution is 2.07. The van der Waals surface area contributed by atoms with Crippen LogP contribution in [0.4, 0.5) is 0 Å². The van der Waals surface area contributed by atoms with E-state index in [1.807, 2.05) is 6.92 Å². The largest absolute Gasteiger partial charge is 0.286 e. The van der Waals surface area contributed by atoms with Crippen LogP contribution in [-0.2, 0) is 0 Å². The second-order valence-electron chi connectivity index (χ2n) is 1.82. The zero-order valence-electron chi connectivity index (χ0n) is 5.14. The van der Waals surface area contributed by atoms with Crippen LogP contribution in [0.15, 0.2) is 4.99 Å². The molecule has 1 heterocycles. The highest BCUT2D eigenvalue weighted by Gasteiger charge is 2.04. The van der Waals surface area contributed by atoms with Crippen molar-refractivity contribution in [1.29, 1.82) is 0 Å². The van der Waals surface area contributed by atoms with Gasteiger partial charge in [-0.15, -0.1) is 0 Å². The molecule has 1 aliphatic rings. The molecule has 0 fully saturated rings. The van der Waals surface area contributed by atoms with Crippen molar-refractivity contribution < 1.29 is 0 Å². The standard InChI is InChI=1S/C5H10N2S/c1-4-6-3-8-5(2)7-4/h4,6H,3H2,1-2H3. The van der Waals surface area contributed by atoms with Crippen molar-refractivity contribution >= 4 is 16.8 Å². The molecule has 1 aliphatic heterocycles. The van der Waals surface area contributed by atoms with E-state index in [9.17, 15) is 0 Å². The summed E-state index contributed by atoms with van der Waals surface area (Å²) >= 11 is 1.76. The topological polar surface area (TPSA) is 24.4 Å². The Bertz CT molecular complexity index is 111. The second kappa shape index (κ2) is 2.51. The molecule has 0 aromatic heterocycles. The Morgan fingerprint density at radius 3 is 3.00 bits per heavy atom. The molecule has 2 nitrogen and oxygen atoms in total. The molecule has 0 aromatic rings. The third kappa shape index (κ3) is 1.49. The van der Waals surface area contributed by atoms with Crippen LogP contribution >= 0.6 is 11.8 Å². The first-order chi connectivity index (χ1) is 3.79. The van der Waals surface area contributed by atoms with Crippen LogP contribution in [-0.4, -0.2) is 17.1 Å². The van der Waals surface area contributed by atoms with Gasteiger partial charge in [-0.1, -0.05) is 11.8 Å². The summed E-state index contributed by atoms with van der Waals surface area (Å²) in [5, 5.41) is 4.38. The molecule has 0 saturated carbocycles. The highest BCUT2D eigenvalue weighted by atomic mass is 32.2. The molecule has 0 radical (unpaired) electrons. The molecule has 1 atom stereocenters. The van der Waals surface area contributed by atoms with Gasteiger partial charge in [-0.3, -0.25) is 10.3 Å². The monoisotopic (exact) mass is 130 g/mol. The number of hydrogen-bond acceptors (Lipinski definition) is 3. The van der Waals surface area contributed by atoms with Gasteiger partial charge in [0.1, 0.15) is 0 Å². The number of rotatable bonds is 0. The van der Waals surface area contributed by atoms with E-state index in [-0.39, 0.29) is 0 Å². The van der Waals surface area contributed by atoms with Gasteiger partial charge in [0.05, 0.1) is 11.2 Å². The molecule has 0 aliphatic carbocycles. The number of nitrogens with one attached hydrogen (secondary N) is 1. The van der Waals surface area contributed by atoms with Crippen molar-refractivity contribution in [3.05, 3.63) is 0 Å². The summed E-state index contributed by atoms with van der Waals surface area (Å²) in [4.78, 5) is 4.25. The average Bonchev–Trinajstić information content (AvgIpc) is 1.64. The number of hydrogen-bond donors (Lipinski definition) is 1. The maximum absolute atomic E-state index is 4.25. The summed E-state index contributed by atoms with van der Waals surface area (Å²) < 4.78 is 0. The molecule has 8 heavy (non-hydrogen) atoms. The van der Waals surface area contributed by atoms with Crippen molar-refractivity contribution in [3.63, 3.8) is 0 Å². The Labute approximate surface area is 53.8 Å². The molecule has 0 saturated heterocycles. The Kier molecular flexibility index (Phi) is 1.91. The third-order valence-corrected chi connectivity index (χ3v) is 1.87. The highest BCUT2D eigenvalue weighted by molar-refractivity contribution is 8.13. The molecule has 3 heteroatoms. The van der Waals surface area contributed by atoms with Crippen molar-refractivity contribution in [2.45, 2.75) is 20.0 Å². The van der Waals surface area contributed by atoms with E-state index >= 15 is 0 Å². The molecule has 0 spiro atoms. The molecular weight excluding hydrogens is 120 g/mol. The van der Waals surface area contributed by atoms with Crippen molar-refractivity contribution in [2.24, 2.45) is 4.99 Å². The smallest absolute Gasteiger partial charge is 0.0981 e. The van der Waals surface area contributed by atoms with Crippen LogP contribution in [0, 0.1) is 0 Å². The van der Waals surface area contributed by atoms with Gasteiger partial charge < -0.3 is 0 Å². The molecule has 0 bridgehead atoms. The molecule has 1 N–H and O–H groups in total. The van der Waals surface area contributed by atoms with Crippen molar-refractivity contribution in [2.75, 3.05) is 5.88 Å². The van der Waals surface area contributed by atoms with Gasteiger partial charge in [0.2, 0.25) is 0 Å². The fraction of sp³-hybridized carbons (Fsp3) is 0.800. The van der Waals surface area contributed by atoms with E-state index in [0.29, 0.717) is 6.17 Å². The summed E-state index contributed by atoms with van der Waals surface area (Å²) in [5.41, 5.74) is 0. The lowest BCUT2D eigenvalue weighted by Crippen LogP contribution is -2.28. The van der Waals surface area contributed by atoms with Crippen LogP contribution in [0.3, 0.4) is 0 Å². The van der Waals surface area contributed by atoms with Gasteiger partial charge in [-0.25, -0.2) is 0 Å². The van der Waals surface area contributed by atoms with Gasteiger partial charge in [-0.2, -0.15) is 0 Å². The van der Waals surface area contributed by atoms with E-state index in [1.165, 1.54) is 5.04 Å². The van der Waals surface area contributed by atoms with Crippen LogP contribution in [0.2, 0.25) is 0 Å². The average molecular weight is 130 g/mol. The first-order valence-corrected chi connectivity index (χ1v) is 3.68. The number of thioether (sulfide) groups is 1. The summed E-state index contributed by atoms with van der Waals surface area (Å²) in [6.07, 6.45) is 0.330. The Morgan fingerprint density at radius 1 is 1.88 bits per heavy atom. The third-order valence-electron chi connectivity index (χ3n) is 1.04. The zero-order valence-corrected chi connectivity index (χ0v) is 5.96. The maximum atomic E-state index is 4.25. The van der Waals surface area contributed by atoms with Gasteiger partial charge >= 0.3 is 0 Å². The van der Waals surface area contributed by atoms with Crippen molar-refractivity contribution in [1.82, 2.24) is 5.32 Å². The fourth-order valence-corrected chi connectivity index (χ4v) is 1.39. The van der Waals surface area contributed by atoms with E-state index in [0.717, 1.165) is 5.88 Å². The maximum Gasteiger partial charge on any atom is 0.0981 e. The van der Waals surface area contributed by atoms with Gasteiger partial charge in [0.15, 0.2) is 0 Å². The first-order valence-electron chi connectivity index (χ1n) is 2.69. The lowest BCUT2D eigenvalue weighted by molar-refractivity contribution is 0.626. The Hall–Kier alpha value is -0.0200. The molecule has 0 aromatic carbocycles. The van der Waals surface area contributed by atoms with Gasteiger partial charge in [0, 0.05) is 5.88 Å². The van der Waals surface area contributed by atoms with E-state index in [4.69, 9.17) is 0 Å². The van der Waals surface area contributed by atoms with E-state index < -0.39 is 0 Å². The van der Waals surface area contributed by atoms with E-state index in [2.05, 4.69) is 17.2 Å². The minimum absolute atomic E-state index is 0.330.